The number of thioether (sulfide) groups is 1. The van der Waals surface area contributed by atoms with Gasteiger partial charge in [-0.1, -0.05) is 61.0 Å². The summed E-state index contributed by atoms with van der Waals surface area (Å²) in [4.78, 5) is 28.3. The molecular formula is C32H26F2N2O3S. The molecule has 3 heterocycles. The molecule has 5 nitrogen and oxygen atoms in total. The molecule has 0 saturated heterocycles. The lowest BCUT2D eigenvalue weighted by Gasteiger charge is -2.51. The van der Waals surface area contributed by atoms with Crippen molar-refractivity contribution in [2.75, 3.05) is 11.6 Å². The van der Waals surface area contributed by atoms with Crippen LogP contribution < -0.4 is 15.2 Å². The summed E-state index contributed by atoms with van der Waals surface area (Å²) in [6, 6.07) is 21.1. The van der Waals surface area contributed by atoms with Crippen molar-refractivity contribution in [3.63, 3.8) is 0 Å². The molecule has 202 valence electrons. The van der Waals surface area contributed by atoms with Crippen LogP contribution in [0, 0.1) is 17.0 Å². The molecule has 0 amide bonds. The number of ether oxygens (including phenoxy) is 1. The Bertz CT molecular complexity index is 1700. The second kappa shape index (κ2) is 9.63. The van der Waals surface area contributed by atoms with E-state index in [2.05, 4.69) is 0 Å². The standard InChI is InChI=1S/C32H26F2N2O3S/c33-24-12-11-21-23(27(24)34)18-40-26-10-5-4-9-22(26)28(21)36-19-32(14-6-15-32)31(38)29-30(25(37)13-16-35(29)36)39-17-20-7-2-1-3-8-20/h1-5,7-13,16,28H,6,14-15,17-19H2/t28-/m0/s1. The summed E-state index contributed by atoms with van der Waals surface area (Å²) >= 11 is 1.47. The molecule has 2 aliphatic heterocycles. The van der Waals surface area contributed by atoms with E-state index >= 15 is 4.39 Å². The first-order valence-electron chi connectivity index (χ1n) is 13.4. The summed E-state index contributed by atoms with van der Waals surface area (Å²) in [7, 11) is 0. The topological polar surface area (TPSA) is 51.5 Å². The number of Topliss-reactive ketones (excluding diaryl/α,β-unsaturated/α-hetero) is 1. The molecule has 0 N–H and O–H groups in total. The van der Waals surface area contributed by atoms with Gasteiger partial charge in [0.1, 0.15) is 6.61 Å². The maximum Gasteiger partial charge on any atom is 0.224 e. The molecular weight excluding hydrogens is 530 g/mol. The normalized spacial score (nSPS) is 18.8. The van der Waals surface area contributed by atoms with Crippen molar-refractivity contribution in [2.24, 2.45) is 5.41 Å². The summed E-state index contributed by atoms with van der Waals surface area (Å²) in [6.45, 7) is 0.533. The molecule has 1 fully saturated rings. The average Bonchev–Trinajstić information content (AvgIpc) is 3.12. The molecule has 40 heavy (non-hydrogen) atoms. The van der Waals surface area contributed by atoms with E-state index in [1.165, 1.54) is 23.9 Å². The van der Waals surface area contributed by atoms with Gasteiger partial charge in [-0.2, -0.15) is 0 Å². The van der Waals surface area contributed by atoms with E-state index in [1.807, 2.05) is 59.6 Å². The van der Waals surface area contributed by atoms with Crippen LogP contribution in [0.2, 0.25) is 0 Å². The molecule has 4 aromatic rings. The van der Waals surface area contributed by atoms with Crippen LogP contribution in [0.4, 0.5) is 8.78 Å². The van der Waals surface area contributed by atoms with E-state index in [0.29, 0.717) is 30.5 Å². The van der Waals surface area contributed by atoms with Gasteiger partial charge in [0.05, 0.1) is 11.5 Å². The smallest absolute Gasteiger partial charge is 0.224 e. The number of carbonyl (C=O) groups excluding carboxylic acids is 1. The number of hydrogen-bond acceptors (Lipinski definition) is 5. The second-order valence-electron chi connectivity index (χ2n) is 10.7. The number of ketones is 1. The third-order valence-corrected chi connectivity index (χ3v) is 9.54. The third kappa shape index (κ3) is 3.88. The first kappa shape index (κ1) is 25.1. The van der Waals surface area contributed by atoms with Gasteiger partial charge in [-0.15, -0.1) is 11.8 Å². The van der Waals surface area contributed by atoms with E-state index in [9.17, 15) is 14.0 Å². The number of hydrogen-bond donors (Lipinski definition) is 0. The van der Waals surface area contributed by atoms with Gasteiger partial charge >= 0.3 is 0 Å². The summed E-state index contributed by atoms with van der Waals surface area (Å²) in [6.07, 6.45) is 3.90. The van der Waals surface area contributed by atoms with E-state index in [4.69, 9.17) is 4.74 Å². The minimum absolute atomic E-state index is 0.0223. The van der Waals surface area contributed by atoms with Gasteiger partial charge < -0.3 is 4.74 Å². The highest BCUT2D eigenvalue weighted by molar-refractivity contribution is 7.98. The lowest BCUT2D eigenvalue weighted by atomic mass is 9.64. The quantitative estimate of drug-likeness (QED) is 0.291. The monoisotopic (exact) mass is 556 g/mol. The highest BCUT2D eigenvalue weighted by Gasteiger charge is 2.52. The fraction of sp³-hybridized carbons (Fsp3) is 0.250. The van der Waals surface area contributed by atoms with Crippen molar-refractivity contribution in [3.8, 4) is 5.75 Å². The first-order valence-corrected chi connectivity index (χ1v) is 14.4. The lowest BCUT2D eigenvalue weighted by Crippen LogP contribution is -2.58. The molecule has 7 rings (SSSR count). The van der Waals surface area contributed by atoms with Crippen molar-refractivity contribution >= 4 is 17.5 Å². The predicted octanol–water partition coefficient (Wildman–Crippen LogP) is 6.41. The van der Waals surface area contributed by atoms with Gasteiger partial charge in [-0.3, -0.25) is 19.3 Å². The number of pyridine rings is 1. The van der Waals surface area contributed by atoms with Crippen LogP contribution in [0.1, 0.15) is 58.0 Å². The Kier molecular flexibility index (Phi) is 6.04. The number of carbonyl (C=O) groups is 1. The van der Waals surface area contributed by atoms with Crippen molar-refractivity contribution in [2.45, 2.75) is 42.6 Å². The Morgan fingerprint density at radius 1 is 0.925 bits per heavy atom. The number of benzene rings is 3. The van der Waals surface area contributed by atoms with Gasteiger partial charge in [0.25, 0.3) is 0 Å². The Morgan fingerprint density at radius 2 is 1.70 bits per heavy atom. The molecule has 1 atom stereocenters. The third-order valence-electron chi connectivity index (χ3n) is 8.42. The van der Waals surface area contributed by atoms with Crippen LogP contribution in [-0.2, 0) is 12.4 Å². The van der Waals surface area contributed by atoms with Crippen LogP contribution in [0.25, 0.3) is 0 Å². The van der Waals surface area contributed by atoms with E-state index in [-0.39, 0.29) is 35.0 Å². The Labute approximate surface area is 234 Å². The summed E-state index contributed by atoms with van der Waals surface area (Å²) < 4.78 is 37.5. The van der Waals surface area contributed by atoms with Crippen molar-refractivity contribution < 1.29 is 18.3 Å². The number of aromatic nitrogens is 1. The lowest BCUT2D eigenvalue weighted by molar-refractivity contribution is 0.0534. The molecule has 1 saturated carbocycles. The van der Waals surface area contributed by atoms with Gasteiger partial charge in [0.2, 0.25) is 5.43 Å². The SMILES string of the molecule is O=C1c2c(OCc3ccccc3)c(=O)ccn2N([C@@H]2c3ccccc3SCc3c2ccc(F)c3F)CC12CCC2. The fourth-order valence-corrected chi connectivity index (χ4v) is 7.31. The molecule has 1 aromatic heterocycles. The fourth-order valence-electron chi connectivity index (χ4n) is 6.20. The molecule has 3 aromatic carbocycles. The van der Waals surface area contributed by atoms with Crippen LogP contribution in [-0.4, -0.2) is 17.0 Å². The highest BCUT2D eigenvalue weighted by Crippen LogP contribution is 2.51. The Balaban J connectivity index is 1.43. The van der Waals surface area contributed by atoms with Crippen LogP contribution in [0.15, 0.2) is 88.7 Å². The van der Waals surface area contributed by atoms with E-state index in [0.717, 1.165) is 22.4 Å². The molecule has 0 unspecified atom stereocenters. The molecule has 8 heteroatoms. The minimum atomic E-state index is -0.881. The molecule has 0 bridgehead atoms. The largest absolute Gasteiger partial charge is 0.483 e. The maximum atomic E-state index is 15.3. The summed E-state index contributed by atoms with van der Waals surface area (Å²) in [5.74, 6) is -1.52. The highest BCUT2D eigenvalue weighted by atomic mass is 32.2. The maximum absolute atomic E-state index is 15.3. The first-order chi connectivity index (χ1) is 19.5. The number of halogens is 2. The zero-order valence-electron chi connectivity index (χ0n) is 21.6. The average molecular weight is 557 g/mol. The molecule has 1 spiro atoms. The van der Waals surface area contributed by atoms with Gasteiger partial charge in [-0.25, -0.2) is 8.78 Å². The van der Waals surface area contributed by atoms with Crippen molar-refractivity contribution in [3.05, 3.63) is 129 Å². The minimum Gasteiger partial charge on any atom is -0.483 e. The van der Waals surface area contributed by atoms with Crippen LogP contribution in [0.5, 0.6) is 5.75 Å². The predicted molar refractivity (Wildman–Crippen MR) is 149 cm³/mol. The second-order valence-corrected chi connectivity index (χ2v) is 11.7. The van der Waals surface area contributed by atoms with Crippen molar-refractivity contribution in [1.82, 2.24) is 4.68 Å². The Hall–Kier alpha value is -3.91. The van der Waals surface area contributed by atoms with Crippen LogP contribution in [0.3, 0.4) is 0 Å². The van der Waals surface area contributed by atoms with Gasteiger partial charge in [0.15, 0.2) is 28.9 Å². The molecule has 3 aliphatic rings. The molecule has 1 aliphatic carbocycles. The molecule has 0 radical (unpaired) electrons. The Morgan fingerprint density at radius 3 is 2.48 bits per heavy atom. The summed E-state index contributed by atoms with van der Waals surface area (Å²) in [5, 5.41) is 2.05. The van der Waals surface area contributed by atoms with E-state index < -0.39 is 23.1 Å². The van der Waals surface area contributed by atoms with Crippen molar-refractivity contribution in [1.29, 1.82) is 0 Å². The summed E-state index contributed by atoms with van der Waals surface area (Å²) in [5.41, 5.74) is 1.96. The number of nitrogens with zero attached hydrogens (tertiary/aromatic N) is 2. The van der Waals surface area contributed by atoms with Gasteiger partial charge in [0, 0.05) is 35.0 Å². The number of rotatable bonds is 4. The van der Waals surface area contributed by atoms with Gasteiger partial charge in [-0.05, 0) is 41.7 Å². The number of fused-ring (bicyclic) bond motifs is 3. The zero-order valence-corrected chi connectivity index (χ0v) is 22.4. The zero-order chi connectivity index (χ0) is 27.4. The van der Waals surface area contributed by atoms with E-state index in [1.54, 1.807) is 16.9 Å². The van der Waals surface area contributed by atoms with Crippen LogP contribution >= 0.6 is 11.8 Å².